The average molecular weight is 332 g/mol. The molecule has 1 aromatic carbocycles. The van der Waals surface area contributed by atoms with Crippen LogP contribution in [0, 0.1) is 0 Å². The lowest BCUT2D eigenvalue weighted by Gasteiger charge is -2.31. The molecule has 3 rings (SSSR count). The van der Waals surface area contributed by atoms with Gasteiger partial charge in [-0.05, 0) is 53.6 Å². The van der Waals surface area contributed by atoms with Crippen molar-refractivity contribution in [1.29, 1.82) is 0 Å². The number of hydrogen-bond donors (Lipinski definition) is 1. The third-order valence-corrected chi connectivity index (χ3v) is 5.03. The normalized spacial score (nSPS) is 17.5. The number of benzene rings is 1. The number of hydrogen-bond acceptors (Lipinski definition) is 5. The minimum atomic E-state index is 0.200. The molecule has 0 radical (unpaired) electrons. The first-order valence-corrected chi connectivity index (χ1v) is 8.96. The highest BCUT2D eigenvalue weighted by Gasteiger charge is 2.26. The molecule has 1 fully saturated rings. The van der Waals surface area contributed by atoms with Gasteiger partial charge in [0.2, 0.25) is 0 Å². The van der Waals surface area contributed by atoms with E-state index in [1.807, 2.05) is 12.1 Å². The second-order valence-electron chi connectivity index (χ2n) is 5.71. The van der Waals surface area contributed by atoms with Crippen LogP contribution >= 0.6 is 11.3 Å². The fourth-order valence-electron chi connectivity index (χ4n) is 3.20. The summed E-state index contributed by atoms with van der Waals surface area (Å²) in [6.45, 7) is 4.21. The van der Waals surface area contributed by atoms with Crippen LogP contribution in [0.25, 0.3) is 0 Å². The van der Waals surface area contributed by atoms with Gasteiger partial charge < -0.3 is 14.8 Å². The number of ether oxygens (including phenoxy) is 2. The van der Waals surface area contributed by atoms with Gasteiger partial charge in [0.05, 0.1) is 20.3 Å². The van der Waals surface area contributed by atoms with E-state index in [4.69, 9.17) is 9.47 Å². The van der Waals surface area contributed by atoms with Crippen molar-refractivity contribution in [2.75, 3.05) is 40.4 Å². The van der Waals surface area contributed by atoms with Gasteiger partial charge in [-0.3, -0.25) is 4.90 Å². The van der Waals surface area contributed by atoms with E-state index in [0.29, 0.717) is 0 Å². The van der Waals surface area contributed by atoms with Gasteiger partial charge in [-0.25, -0.2) is 0 Å². The van der Waals surface area contributed by atoms with Crippen LogP contribution in [0.1, 0.15) is 23.6 Å². The molecule has 0 amide bonds. The maximum absolute atomic E-state index is 5.65. The molecule has 1 aliphatic heterocycles. The third-order valence-electron chi connectivity index (χ3n) is 4.33. The topological polar surface area (TPSA) is 33.7 Å². The summed E-state index contributed by atoms with van der Waals surface area (Å²) >= 11 is 1.74. The number of nitrogens with one attached hydrogen (secondary N) is 1. The standard InChI is InChI=1S/C18H24N2O2S/c1-21-15-4-5-17(22-2)16(12-15)18(14-6-11-23-13-14)20-9-3-7-19-8-10-20/h4-6,11-13,18-19H,3,7-10H2,1-2H3. The maximum atomic E-state index is 5.65. The van der Waals surface area contributed by atoms with Gasteiger partial charge in [-0.1, -0.05) is 0 Å². The van der Waals surface area contributed by atoms with E-state index in [-0.39, 0.29) is 6.04 Å². The van der Waals surface area contributed by atoms with Crippen molar-refractivity contribution in [3.63, 3.8) is 0 Å². The molecule has 124 valence electrons. The molecule has 23 heavy (non-hydrogen) atoms. The lowest BCUT2D eigenvalue weighted by Crippen LogP contribution is -2.33. The molecule has 1 aromatic heterocycles. The Bertz CT molecular complexity index is 607. The van der Waals surface area contributed by atoms with Crippen molar-refractivity contribution in [3.05, 3.63) is 46.2 Å². The first-order valence-electron chi connectivity index (χ1n) is 8.02. The highest BCUT2D eigenvalue weighted by Crippen LogP contribution is 2.38. The van der Waals surface area contributed by atoms with Crippen molar-refractivity contribution in [2.24, 2.45) is 0 Å². The van der Waals surface area contributed by atoms with E-state index in [9.17, 15) is 0 Å². The molecule has 1 aliphatic rings. The Morgan fingerprint density at radius 3 is 2.78 bits per heavy atom. The predicted octanol–water partition coefficient (Wildman–Crippen LogP) is 3.15. The fraction of sp³-hybridized carbons (Fsp3) is 0.444. The molecule has 0 aliphatic carbocycles. The minimum Gasteiger partial charge on any atom is -0.497 e. The summed E-state index contributed by atoms with van der Waals surface area (Å²) in [5, 5.41) is 7.87. The van der Waals surface area contributed by atoms with E-state index < -0.39 is 0 Å². The highest BCUT2D eigenvalue weighted by molar-refractivity contribution is 7.08. The molecular formula is C18H24N2O2S. The lowest BCUT2D eigenvalue weighted by molar-refractivity contribution is 0.236. The quantitative estimate of drug-likeness (QED) is 0.912. The van der Waals surface area contributed by atoms with Crippen LogP contribution in [0.4, 0.5) is 0 Å². The van der Waals surface area contributed by atoms with Crippen LogP contribution in [-0.4, -0.2) is 45.3 Å². The SMILES string of the molecule is COc1ccc(OC)c(C(c2ccsc2)N2CCCNCC2)c1. The second kappa shape index (κ2) is 7.81. The Morgan fingerprint density at radius 2 is 2.04 bits per heavy atom. The van der Waals surface area contributed by atoms with Gasteiger partial charge in [0.25, 0.3) is 0 Å². The van der Waals surface area contributed by atoms with Gasteiger partial charge in [-0.15, -0.1) is 0 Å². The zero-order valence-electron chi connectivity index (χ0n) is 13.7. The van der Waals surface area contributed by atoms with E-state index in [2.05, 4.69) is 33.1 Å². The van der Waals surface area contributed by atoms with E-state index in [1.54, 1.807) is 25.6 Å². The first kappa shape index (κ1) is 16.3. The van der Waals surface area contributed by atoms with Crippen molar-refractivity contribution in [2.45, 2.75) is 12.5 Å². The van der Waals surface area contributed by atoms with Crippen molar-refractivity contribution >= 4 is 11.3 Å². The summed E-state index contributed by atoms with van der Waals surface area (Å²) in [5.74, 6) is 1.79. The van der Waals surface area contributed by atoms with Crippen molar-refractivity contribution < 1.29 is 9.47 Å². The Balaban J connectivity index is 2.04. The molecule has 0 saturated carbocycles. The lowest BCUT2D eigenvalue weighted by atomic mass is 9.97. The second-order valence-corrected chi connectivity index (χ2v) is 6.49. The largest absolute Gasteiger partial charge is 0.497 e. The third kappa shape index (κ3) is 3.68. The van der Waals surface area contributed by atoms with Gasteiger partial charge >= 0.3 is 0 Å². The Hall–Kier alpha value is -1.56. The first-order chi connectivity index (χ1) is 11.3. The molecule has 5 heteroatoms. The number of thiophene rings is 1. The molecule has 0 bridgehead atoms. The molecule has 2 aromatic rings. The molecule has 1 atom stereocenters. The van der Waals surface area contributed by atoms with Gasteiger partial charge in [0, 0.05) is 25.2 Å². The zero-order chi connectivity index (χ0) is 16.1. The highest BCUT2D eigenvalue weighted by atomic mass is 32.1. The van der Waals surface area contributed by atoms with E-state index in [0.717, 1.165) is 44.1 Å². The van der Waals surface area contributed by atoms with Crippen LogP contribution in [0.15, 0.2) is 35.0 Å². The molecule has 0 spiro atoms. The predicted molar refractivity (Wildman–Crippen MR) is 94.8 cm³/mol. The summed E-state index contributed by atoms with van der Waals surface area (Å²) in [5.41, 5.74) is 2.50. The average Bonchev–Trinajstić information content (AvgIpc) is 2.98. The molecule has 1 N–H and O–H groups in total. The maximum Gasteiger partial charge on any atom is 0.124 e. The smallest absolute Gasteiger partial charge is 0.124 e. The van der Waals surface area contributed by atoms with E-state index >= 15 is 0 Å². The summed E-state index contributed by atoms with van der Waals surface area (Å²) in [4.78, 5) is 2.54. The Kier molecular flexibility index (Phi) is 5.54. The van der Waals surface area contributed by atoms with Crippen LogP contribution in [0.3, 0.4) is 0 Å². The van der Waals surface area contributed by atoms with Crippen molar-refractivity contribution in [1.82, 2.24) is 10.2 Å². The van der Waals surface area contributed by atoms with Gasteiger partial charge in [0.1, 0.15) is 11.5 Å². The minimum absolute atomic E-state index is 0.200. The molecule has 1 saturated heterocycles. The number of nitrogens with zero attached hydrogens (tertiary/aromatic N) is 1. The molecular weight excluding hydrogens is 308 g/mol. The van der Waals surface area contributed by atoms with E-state index in [1.165, 1.54) is 11.1 Å². The summed E-state index contributed by atoms with van der Waals surface area (Å²) in [6, 6.07) is 8.48. The Morgan fingerprint density at radius 1 is 1.13 bits per heavy atom. The zero-order valence-corrected chi connectivity index (χ0v) is 14.6. The molecule has 4 nitrogen and oxygen atoms in total. The molecule has 2 heterocycles. The Labute approximate surface area is 142 Å². The fourth-order valence-corrected chi connectivity index (χ4v) is 3.87. The van der Waals surface area contributed by atoms with Crippen LogP contribution in [-0.2, 0) is 0 Å². The summed E-state index contributed by atoms with van der Waals surface area (Å²) in [7, 11) is 3.45. The van der Waals surface area contributed by atoms with Crippen LogP contribution in [0.5, 0.6) is 11.5 Å². The number of methoxy groups -OCH3 is 2. The number of rotatable bonds is 5. The van der Waals surface area contributed by atoms with Gasteiger partial charge in [-0.2, -0.15) is 11.3 Å². The molecule has 1 unspecified atom stereocenters. The monoisotopic (exact) mass is 332 g/mol. The van der Waals surface area contributed by atoms with Crippen molar-refractivity contribution in [3.8, 4) is 11.5 Å². The van der Waals surface area contributed by atoms with Crippen LogP contribution in [0.2, 0.25) is 0 Å². The summed E-state index contributed by atoms with van der Waals surface area (Å²) < 4.78 is 11.1. The van der Waals surface area contributed by atoms with Crippen LogP contribution < -0.4 is 14.8 Å². The van der Waals surface area contributed by atoms with Gasteiger partial charge in [0.15, 0.2) is 0 Å². The summed E-state index contributed by atoms with van der Waals surface area (Å²) in [6.07, 6.45) is 1.16.